The van der Waals surface area contributed by atoms with E-state index in [2.05, 4.69) is 100 Å². The molecule has 0 saturated heterocycles. The molecule has 37 heavy (non-hydrogen) atoms. The van der Waals surface area contributed by atoms with Gasteiger partial charge in [0.1, 0.15) is 0 Å². The van der Waals surface area contributed by atoms with E-state index in [4.69, 9.17) is 16.6 Å². The van der Waals surface area contributed by atoms with Crippen LogP contribution >= 0.6 is 11.6 Å². The first-order valence-corrected chi connectivity index (χ1v) is 13.1. The van der Waals surface area contributed by atoms with E-state index < -0.39 is 0 Å². The molecule has 0 aromatic heterocycles. The van der Waals surface area contributed by atoms with E-state index in [0.29, 0.717) is 5.02 Å². The molecule has 3 nitrogen and oxygen atoms in total. The number of hydrogen-bond donors (Lipinski definition) is 0. The van der Waals surface area contributed by atoms with E-state index in [0.717, 1.165) is 53.3 Å². The number of allylic oxidation sites excluding steroid dienone is 5. The zero-order chi connectivity index (χ0) is 27.2. The third-order valence-electron chi connectivity index (χ3n) is 6.60. The molecule has 0 N–H and O–H groups in total. The summed E-state index contributed by atoms with van der Waals surface area (Å²) in [6, 6.07) is 16.6. The van der Waals surface area contributed by atoms with E-state index in [-0.39, 0.29) is 5.41 Å². The van der Waals surface area contributed by atoms with Gasteiger partial charge in [0.25, 0.3) is 0 Å². The summed E-state index contributed by atoms with van der Waals surface area (Å²) in [5, 5.41) is 0.717. The highest BCUT2D eigenvalue weighted by atomic mass is 35.5. The number of hydrogen-bond acceptors (Lipinski definition) is 3. The zero-order valence-electron chi connectivity index (χ0n) is 23.2. The molecule has 194 valence electrons. The number of halogens is 1. The van der Waals surface area contributed by atoms with Crippen LogP contribution in [-0.2, 0) is 5.41 Å². The number of aliphatic imine (C=N–C) groups is 1. The molecule has 3 rings (SSSR count). The third-order valence-corrected chi connectivity index (χ3v) is 6.85. The fourth-order valence-electron chi connectivity index (χ4n) is 4.21. The van der Waals surface area contributed by atoms with Crippen LogP contribution in [-0.4, -0.2) is 31.8 Å². The summed E-state index contributed by atoms with van der Waals surface area (Å²) in [7, 11) is 6.15. The van der Waals surface area contributed by atoms with Crippen LogP contribution in [0.25, 0.3) is 0 Å². The van der Waals surface area contributed by atoms with Crippen molar-refractivity contribution in [3.8, 4) is 0 Å². The smallest absolute Gasteiger partial charge is 0.0863 e. The minimum absolute atomic E-state index is 0.119. The van der Waals surface area contributed by atoms with Gasteiger partial charge in [0, 0.05) is 44.0 Å². The Kier molecular flexibility index (Phi) is 9.39. The van der Waals surface area contributed by atoms with Crippen molar-refractivity contribution in [2.75, 3.05) is 26.0 Å². The first-order chi connectivity index (χ1) is 17.5. The Bertz CT molecular complexity index is 1230. The number of anilines is 1. The number of nitrogens with zero attached hydrogens (tertiary/aromatic N) is 3. The van der Waals surface area contributed by atoms with Crippen LogP contribution in [0.5, 0.6) is 0 Å². The summed E-state index contributed by atoms with van der Waals surface area (Å²) in [5.74, 6) is 0. The fourth-order valence-corrected chi connectivity index (χ4v) is 4.34. The van der Waals surface area contributed by atoms with E-state index in [1.165, 1.54) is 11.1 Å². The van der Waals surface area contributed by atoms with Gasteiger partial charge in [-0.1, -0.05) is 81.4 Å². The Hall–Kier alpha value is -3.30. The second-order valence-electron chi connectivity index (χ2n) is 10.7. The Labute approximate surface area is 228 Å². The predicted molar refractivity (Wildman–Crippen MR) is 163 cm³/mol. The normalized spacial score (nSPS) is 14.2. The van der Waals surface area contributed by atoms with E-state index in [9.17, 15) is 0 Å². The SMILES string of the molecule is C=CC/C=C(\C=C/CC1=C(C(=C)N(C)c2ccc(Cl)cc2)N=C(c2ccc(C(C)(C)C)cc2)C1)N(C)C. The molecular formula is C33H40ClN3. The first-order valence-electron chi connectivity index (χ1n) is 12.7. The average Bonchev–Trinajstić information content (AvgIpc) is 3.29. The molecule has 1 aliphatic rings. The molecule has 2 aromatic rings. The lowest BCUT2D eigenvalue weighted by Crippen LogP contribution is -2.16. The molecule has 1 heterocycles. The average molecular weight is 514 g/mol. The van der Waals surface area contributed by atoms with Crippen molar-refractivity contribution < 1.29 is 0 Å². The largest absolute Gasteiger partial charge is 0.378 e. The molecule has 0 atom stereocenters. The second-order valence-corrected chi connectivity index (χ2v) is 11.1. The van der Waals surface area contributed by atoms with Crippen LogP contribution in [0.2, 0.25) is 5.02 Å². The Morgan fingerprint density at radius 3 is 2.24 bits per heavy atom. The maximum Gasteiger partial charge on any atom is 0.0863 e. The molecule has 0 saturated carbocycles. The van der Waals surface area contributed by atoms with Crippen LogP contribution in [0.1, 0.15) is 51.2 Å². The molecule has 0 fully saturated rings. The Balaban J connectivity index is 1.92. The van der Waals surface area contributed by atoms with Crippen LogP contribution in [0.3, 0.4) is 0 Å². The molecule has 0 radical (unpaired) electrons. The summed E-state index contributed by atoms with van der Waals surface area (Å²) >= 11 is 6.12. The van der Waals surface area contributed by atoms with Crippen LogP contribution in [0, 0.1) is 0 Å². The lowest BCUT2D eigenvalue weighted by atomic mass is 9.86. The van der Waals surface area contributed by atoms with Crippen molar-refractivity contribution in [3.05, 3.63) is 125 Å². The molecule has 0 aliphatic carbocycles. The predicted octanol–water partition coefficient (Wildman–Crippen LogP) is 8.70. The van der Waals surface area contributed by atoms with Gasteiger partial charge in [-0.3, -0.25) is 4.99 Å². The molecule has 0 amide bonds. The summed E-state index contributed by atoms with van der Waals surface area (Å²) < 4.78 is 0. The molecule has 0 spiro atoms. The quantitative estimate of drug-likeness (QED) is 0.233. The minimum Gasteiger partial charge on any atom is -0.378 e. The highest BCUT2D eigenvalue weighted by Gasteiger charge is 2.23. The van der Waals surface area contributed by atoms with Crippen LogP contribution in [0.4, 0.5) is 5.69 Å². The van der Waals surface area contributed by atoms with E-state index >= 15 is 0 Å². The van der Waals surface area contributed by atoms with Gasteiger partial charge in [0.15, 0.2) is 0 Å². The van der Waals surface area contributed by atoms with Gasteiger partial charge in [-0.25, -0.2) is 0 Å². The standard InChI is InChI=1S/C33H40ClN3/c1-9-10-13-29(36(6)7)14-11-12-26-23-31(25-15-17-27(18-16-25)33(3,4)5)35-32(26)24(2)37(8)30-21-19-28(34)20-22-30/h9,11,13-22H,1-2,10,12,23H2,3-8H3/b14-11-,29-13+. The van der Waals surface area contributed by atoms with Gasteiger partial charge in [0.05, 0.1) is 17.1 Å². The zero-order valence-corrected chi connectivity index (χ0v) is 23.9. The van der Waals surface area contributed by atoms with Crippen molar-refractivity contribution in [2.24, 2.45) is 4.99 Å². The molecule has 2 aromatic carbocycles. The maximum absolute atomic E-state index is 6.12. The lowest BCUT2D eigenvalue weighted by Gasteiger charge is -2.22. The minimum atomic E-state index is 0.119. The monoisotopic (exact) mass is 513 g/mol. The third kappa shape index (κ3) is 7.36. The second kappa shape index (κ2) is 12.3. The van der Waals surface area contributed by atoms with Gasteiger partial charge in [0.2, 0.25) is 0 Å². The summed E-state index contributed by atoms with van der Waals surface area (Å²) in [4.78, 5) is 9.34. The number of likely N-dealkylation sites (N-methyl/N-ethyl adjacent to an activating group) is 2. The van der Waals surface area contributed by atoms with Gasteiger partial charge in [-0.05, 0) is 65.3 Å². The van der Waals surface area contributed by atoms with Crippen LogP contribution < -0.4 is 4.90 Å². The Morgan fingerprint density at radius 1 is 1.03 bits per heavy atom. The van der Waals surface area contributed by atoms with Crippen molar-refractivity contribution >= 4 is 23.0 Å². The van der Waals surface area contributed by atoms with E-state index in [1.54, 1.807) is 0 Å². The molecular weight excluding hydrogens is 474 g/mol. The molecule has 1 aliphatic heterocycles. The first kappa shape index (κ1) is 28.3. The summed E-state index contributed by atoms with van der Waals surface area (Å²) in [5.41, 5.74) is 8.97. The van der Waals surface area contributed by atoms with Crippen molar-refractivity contribution in [1.29, 1.82) is 0 Å². The number of benzene rings is 2. The van der Waals surface area contributed by atoms with Gasteiger partial charge >= 0.3 is 0 Å². The Morgan fingerprint density at radius 2 is 1.68 bits per heavy atom. The number of rotatable bonds is 10. The van der Waals surface area contributed by atoms with Crippen molar-refractivity contribution in [1.82, 2.24) is 4.90 Å². The molecule has 0 bridgehead atoms. The summed E-state index contributed by atoms with van der Waals surface area (Å²) in [6.07, 6.45) is 10.9. The maximum atomic E-state index is 6.12. The lowest BCUT2D eigenvalue weighted by molar-refractivity contribution is 0.527. The molecule has 4 heteroatoms. The van der Waals surface area contributed by atoms with Gasteiger partial charge in [-0.15, -0.1) is 6.58 Å². The fraction of sp³-hybridized carbons (Fsp3) is 0.303. The van der Waals surface area contributed by atoms with Crippen molar-refractivity contribution in [2.45, 2.75) is 45.4 Å². The highest BCUT2D eigenvalue weighted by Crippen LogP contribution is 2.34. The van der Waals surface area contributed by atoms with E-state index in [1.807, 2.05) is 37.4 Å². The van der Waals surface area contributed by atoms with Crippen molar-refractivity contribution in [3.63, 3.8) is 0 Å². The summed E-state index contributed by atoms with van der Waals surface area (Å²) in [6.45, 7) is 15.0. The van der Waals surface area contributed by atoms with Gasteiger partial charge in [-0.2, -0.15) is 0 Å². The van der Waals surface area contributed by atoms with Crippen LogP contribution in [0.15, 0.2) is 114 Å². The van der Waals surface area contributed by atoms with Gasteiger partial charge < -0.3 is 9.80 Å². The molecule has 0 unspecified atom stereocenters. The highest BCUT2D eigenvalue weighted by molar-refractivity contribution is 6.30. The topological polar surface area (TPSA) is 18.8 Å².